The highest BCUT2D eigenvalue weighted by Gasteiger charge is 2.28. The van der Waals surface area contributed by atoms with Crippen LogP contribution in [0.1, 0.15) is 33.1 Å². The number of nitrogens with two attached hydrogens (primary N) is 1. The van der Waals surface area contributed by atoms with Gasteiger partial charge in [-0.05, 0) is 25.7 Å². The van der Waals surface area contributed by atoms with Crippen LogP contribution in [0.3, 0.4) is 0 Å². The fraction of sp³-hybridized carbons (Fsp3) is 0.917. The van der Waals surface area contributed by atoms with Gasteiger partial charge < -0.3 is 15.4 Å². The van der Waals surface area contributed by atoms with Gasteiger partial charge in [-0.1, -0.05) is 6.92 Å². The Labute approximate surface area is 110 Å². The van der Waals surface area contributed by atoms with Gasteiger partial charge in [0.2, 0.25) is 5.91 Å². The van der Waals surface area contributed by atoms with E-state index in [0.717, 1.165) is 19.4 Å². The molecule has 5 heteroatoms. The molecule has 2 N–H and O–H groups in total. The first kappa shape index (κ1) is 16.7. The van der Waals surface area contributed by atoms with Crippen LogP contribution in [-0.2, 0) is 9.53 Å². The lowest BCUT2D eigenvalue weighted by molar-refractivity contribution is -0.136. The van der Waals surface area contributed by atoms with Crippen molar-refractivity contribution in [2.45, 2.75) is 39.2 Å². The van der Waals surface area contributed by atoms with Crippen molar-refractivity contribution in [1.82, 2.24) is 4.90 Å². The number of amides is 1. The van der Waals surface area contributed by atoms with Crippen molar-refractivity contribution >= 4 is 18.3 Å². The van der Waals surface area contributed by atoms with Gasteiger partial charge in [0, 0.05) is 25.7 Å². The average Bonchev–Trinajstić information content (AvgIpc) is 2.29. The maximum Gasteiger partial charge on any atom is 0.225 e. The molecule has 0 aliphatic carbocycles. The largest absolute Gasteiger partial charge is 0.381 e. The fourth-order valence-corrected chi connectivity index (χ4v) is 2.25. The molecule has 0 saturated carbocycles. The first-order valence-corrected chi connectivity index (χ1v) is 6.26. The number of ether oxygens (including phenoxy) is 1. The zero-order valence-corrected chi connectivity index (χ0v) is 11.7. The van der Waals surface area contributed by atoms with Gasteiger partial charge in [-0.2, -0.15) is 0 Å². The molecule has 4 nitrogen and oxygen atoms in total. The molecule has 0 aromatic carbocycles. The number of likely N-dealkylation sites (tertiary alicyclic amines) is 1. The van der Waals surface area contributed by atoms with Gasteiger partial charge in [0.05, 0.1) is 13.0 Å². The van der Waals surface area contributed by atoms with Gasteiger partial charge >= 0.3 is 0 Å². The highest BCUT2D eigenvalue weighted by atomic mass is 35.5. The van der Waals surface area contributed by atoms with Crippen LogP contribution in [0.2, 0.25) is 0 Å². The molecule has 102 valence electrons. The Morgan fingerprint density at radius 3 is 2.82 bits per heavy atom. The maximum atomic E-state index is 11.9. The van der Waals surface area contributed by atoms with Gasteiger partial charge in [0.25, 0.3) is 0 Å². The van der Waals surface area contributed by atoms with Crippen LogP contribution in [-0.4, -0.2) is 43.2 Å². The Morgan fingerprint density at radius 2 is 2.24 bits per heavy atom. The summed E-state index contributed by atoms with van der Waals surface area (Å²) in [6.45, 7) is 6.79. The molecule has 1 amide bonds. The van der Waals surface area contributed by atoms with Gasteiger partial charge in [-0.3, -0.25) is 4.79 Å². The van der Waals surface area contributed by atoms with E-state index >= 15 is 0 Å². The second kappa shape index (κ2) is 8.72. The lowest BCUT2D eigenvalue weighted by Crippen LogP contribution is -2.49. The molecule has 0 aromatic rings. The van der Waals surface area contributed by atoms with Crippen LogP contribution in [0, 0.1) is 5.92 Å². The van der Waals surface area contributed by atoms with E-state index in [1.165, 1.54) is 0 Å². The smallest absolute Gasteiger partial charge is 0.225 e. The minimum absolute atomic E-state index is 0. The molecule has 1 heterocycles. The second-order valence-electron chi connectivity index (χ2n) is 4.55. The van der Waals surface area contributed by atoms with Gasteiger partial charge in [-0.25, -0.2) is 0 Å². The van der Waals surface area contributed by atoms with Crippen molar-refractivity contribution in [3.8, 4) is 0 Å². The molecular weight excluding hydrogens is 240 g/mol. The van der Waals surface area contributed by atoms with Crippen LogP contribution in [0.15, 0.2) is 0 Å². The summed E-state index contributed by atoms with van der Waals surface area (Å²) >= 11 is 0. The summed E-state index contributed by atoms with van der Waals surface area (Å²) in [7, 11) is 0. The Bertz CT molecular complexity index is 227. The van der Waals surface area contributed by atoms with Crippen LogP contribution < -0.4 is 5.73 Å². The van der Waals surface area contributed by atoms with E-state index in [1.807, 2.05) is 11.8 Å². The summed E-state index contributed by atoms with van der Waals surface area (Å²) < 4.78 is 5.21. The Kier molecular flexibility index (Phi) is 8.56. The van der Waals surface area contributed by atoms with Crippen molar-refractivity contribution in [3.63, 3.8) is 0 Å². The third kappa shape index (κ3) is 5.23. The number of hydrogen-bond acceptors (Lipinski definition) is 3. The van der Waals surface area contributed by atoms with Crippen LogP contribution >= 0.6 is 12.4 Å². The minimum Gasteiger partial charge on any atom is -0.381 e. The van der Waals surface area contributed by atoms with Crippen LogP contribution in [0.4, 0.5) is 0 Å². The lowest BCUT2D eigenvalue weighted by Gasteiger charge is -2.38. The highest BCUT2D eigenvalue weighted by molar-refractivity contribution is 5.85. The molecule has 17 heavy (non-hydrogen) atoms. The first-order chi connectivity index (χ1) is 7.69. The van der Waals surface area contributed by atoms with E-state index < -0.39 is 0 Å². The molecule has 1 fully saturated rings. The average molecular weight is 265 g/mol. The number of nitrogens with zero attached hydrogens (tertiary/aromatic N) is 1. The molecule has 0 radical (unpaired) electrons. The predicted molar refractivity (Wildman–Crippen MR) is 71.3 cm³/mol. The van der Waals surface area contributed by atoms with Crippen LogP contribution in [0.25, 0.3) is 0 Å². The van der Waals surface area contributed by atoms with Gasteiger partial charge in [0.1, 0.15) is 0 Å². The molecule has 0 spiro atoms. The zero-order chi connectivity index (χ0) is 12.0. The molecule has 0 aromatic heterocycles. The summed E-state index contributed by atoms with van der Waals surface area (Å²) in [4.78, 5) is 13.9. The van der Waals surface area contributed by atoms with E-state index in [4.69, 9.17) is 10.5 Å². The fourth-order valence-electron chi connectivity index (χ4n) is 2.25. The van der Waals surface area contributed by atoms with E-state index in [0.29, 0.717) is 32.1 Å². The second-order valence-corrected chi connectivity index (χ2v) is 4.55. The molecule has 2 atom stereocenters. The van der Waals surface area contributed by atoms with E-state index in [1.54, 1.807) is 0 Å². The Morgan fingerprint density at radius 1 is 1.53 bits per heavy atom. The van der Waals surface area contributed by atoms with E-state index in [2.05, 4.69) is 6.92 Å². The SMILES string of the molecule is CCOCCC(=O)N1CCC(C)CC1CN.Cl. The van der Waals surface area contributed by atoms with Crippen molar-refractivity contribution < 1.29 is 9.53 Å². The van der Waals surface area contributed by atoms with E-state index in [-0.39, 0.29) is 24.4 Å². The molecule has 0 bridgehead atoms. The minimum atomic E-state index is 0. The highest BCUT2D eigenvalue weighted by Crippen LogP contribution is 2.22. The number of rotatable bonds is 5. The predicted octanol–water partition coefficient (Wildman–Crippen LogP) is 1.42. The summed E-state index contributed by atoms with van der Waals surface area (Å²) in [5, 5.41) is 0. The van der Waals surface area contributed by atoms with Crippen molar-refractivity contribution in [3.05, 3.63) is 0 Å². The Hall–Kier alpha value is -0.320. The quantitative estimate of drug-likeness (QED) is 0.764. The number of hydrogen-bond donors (Lipinski definition) is 1. The molecule has 2 unspecified atom stereocenters. The first-order valence-electron chi connectivity index (χ1n) is 6.26. The Balaban J connectivity index is 0.00000256. The third-order valence-electron chi connectivity index (χ3n) is 3.23. The standard InChI is InChI=1S/C12H24N2O2.ClH/c1-3-16-7-5-12(15)14-6-4-10(2)8-11(14)9-13;/h10-11H,3-9,13H2,1-2H3;1H. The molecule has 1 rings (SSSR count). The monoisotopic (exact) mass is 264 g/mol. The summed E-state index contributed by atoms with van der Waals surface area (Å²) in [5.41, 5.74) is 5.72. The van der Waals surface area contributed by atoms with Gasteiger partial charge in [0.15, 0.2) is 0 Å². The van der Waals surface area contributed by atoms with E-state index in [9.17, 15) is 4.79 Å². The summed E-state index contributed by atoms with van der Waals surface area (Å²) in [5.74, 6) is 0.875. The van der Waals surface area contributed by atoms with Crippen LogP contribution in [0.5, 0.6) is 0 Å². The number of halogens is 1. The third-order valence-corrected chi connectivity index (χ3v) is 3.23. The normalized spacial score (nSPS) is 24.3. The summed E-state index contributed by atoms with van der Waals surface area (Å²) in [6, 6.07) is 0.234. The molecule has 1 saturated heterocycles. The molecule has 1 aliphatic heterocycles. The van der Waals surface area contributed by atoms with Gasteiger partial charge in [-0.15, -0.1) is 12.4 Å². The number of carbonyl (C=O) groups excluding carboxylic acids is 1. The number of carbonyl (C=O) groups is 1. The lowest BCUT2D eigenvalue weighted by atomic mass is 9.92. The topological polar surface area (TPSA) is 55.6 Å². The molecular formula is C12H25ClN2O2. The van der Waals surface area contributed by atoms with Crippen molar-refractivity contribution in [2.24, 2.45) is 11.7 Å². The number of piperidine rings is 1. The molecule has 1 aliphatic rings. The summed E-state index contributed by atoms with van der Waals surface area (Å²) in [6.07, 6.45) is 2.62. The zero-order valence-electron chi connectivity index (χ0n) is 10.9. The maximum absolute atomic E-state index is 11.9. The van der Waals surface area contributed by atoms with Crippen molar-refractivity contribution in [2.75, 3.05) is 26.3 Å². The van der Waals surface area contributed by atoms with Crippen molar-refractivity contribution in [1.29, 1.82) is 0 Å².